The average molecular weight is 422 g/mol. The van der Waals surface area contributed by atoms with Crippen molar-refractivity contribution in [1.29, 1.82) is 0 Å². The van der Waals surface area contributed by atoms with Gasteiger partial charge in [0.1, 0.15) is 13.6 Å². The maximum absolute atomic E-state index is 12.1. The van der Waals surface area contributed by atoms with E-state index in [9.17, 15) is 13.2 Å². The molecule has 0 aliphatic carbocycles. The molecular weight excluding hydrogens is 387 g/mol. The number of aromatic nitrogens is 1. The summed E-state index contributed by atoms with van der Waals surface area (Å²) in [5.74, 6) is 0. The average Bonchev–Trinajstić information content (AvgIpc) is 3.11. The molecule has 0 saturated carbocycles. The van der Waals surface area contributed by atoms with Crippen LogP contribution < -0.4 is 0 Å². The molecule has 0 aliphatic heterocycles. The number of aryl methyl sites for hydroxylation is 3. The quantitative estimate of drug-likeness (QED) is 0.519. The van der Waals surface area contributed by atoms with Gasteiger partial charge in [0.2, 0.25) is 0 Å². The summed E-state index contributed by atoms with van der Waals surface area (Å²) >= 11 is 1.84. The summed E-state index contributed by atoms with van der Waals surface area (Å²) < 4.78 is 36.2. The summed E-state index contributed by atoms with van der Waals surface area (Å²) in [5, 5.41) is 0. The van der Waals surface area contributed by atoms with Crippen LogP contribution in [0.2, 0.25) is 0 Å². The van der Waals surface area contributed by atoms with Crippen LogP contribution in [-0.2, 0) is 22.2 Å². The molecule has 2 aromatic heterocycles. The molecular formula is C21H34F3NO2S. The van der Waals surface area contributed by atoms with E-state index in [0.29, 0.717) is 5.69 Å². The number of halogens is 3. The summed E-state index contributed by atoms with van der Waals surface area (Å²) in [4.78, 5) is 22.5. The van der Waals surface area contributed by atoms with E-state index in [1.165, 1.54) is 15.8 Å². The topological polar surface area (TPSA) is 47.0 Å². The highest BCUT2D eigenvalue weighted by Crippen LogP contribution is 2.28. The summed E-state index contributed by atoms with van der Waals surface area (Å²) in [6.07, 6.45) is -1.79. The zero-order valence-corrected chi connectivity index (χ0v) is 18.8. The van der Waals surface area contributed by atoms with Gasteiger partial charge in [-0.3, -0.25) is 4.98 Å². The largest absolute Gasteiger partial charge is 0.417 e. The van der Waals surface area contributed by atoms with E-state index >= 15 is 0 Å². The van der Waals surface area contributed by atoms with Crippen molar-refractivity contribution in [3.05, 3.63) is 51.5 Å². The Bertz CT molecular complexity index is 537. The third-order valence-corrected chi connectivity index (χ3v) is 3.45. The minimum atomic E-state index is -4.28. The van der Waals surface area contributed by atoms with Crippen molar-refractivity contribution in [2.24, 2.45) is 0 Å². The fraction of sp³-hybridized carbons (Fsp3) is 0.476. The summed E-state index contributed by atoms with van der Waals surface area (Å²) in [6.45, 7) is 18.2. The SMILES string of the molecule is C=O.C=O.CC.CC.CCCc1ccc(C(F)(F)F)cn1.Cc1ccc(C)s1. The number of carbonyl (C=O) groups excluding carboxylic acids is 2. The second kappa shape index (κ2) is 23.0. The van der Waals surface area contributed by atoms with E-state index < -0.39 is 11.7 Å². The third kappa shape index (κ3) is 18.8. The van der Waals surface area contributed by atoms with Crippen LogP contribution in [0, 0.1) is 13.8 Å². The molecule has 0 bridgehead atoms. The number of pyridine rings is 1. The summed E-state index contributed by atoms with van der Waals surface area (Å²) in [6, 6.07) is 6.77. The molecule has 0 unspecified atom stereocenters. The van der Waals surface area contributed by atoms with Crippen molar-refractivity contribution in [3.63, 3.8) is 0 Å². The molecule has 0 fully saturated rings. The molecule has 2 aromatic rings. The molecule has 0 saturated heterocycles. The maximum atomic E-state index is 12.1. The first-order valence-corrected chi connectivity index (χ1v) is 9.77. The molecule has 0 spiro atoms. The smallest absolute Gasteiger partial charge is 0.307 e. The highest BCUT2D eigenvalue weighted by Gasteiger charge is 2.30. The Balaban J connectivity index is -0.000000162. The van der Waals surface area contributed by atoms with Crippen LogP contribution in [-0.4, -0.2) is 18.6 Å². The van der Waals surface area contributed by atoms with Gasteiger partial charge in [-0.15, -0.1) is 11.3 Å². The van der Waals surface area contributed by atoms with Crippen molar-refractivity contribution in [1.82, 2.24) is 4.98 Å². The number of hydrogen-bond donors (Lipinski definition) is 0. The zero-order chi connectivity index (χ0) is 23.2. The van der Waals surface area contributed by atoms with Crippen LogP contribution in [0.25, 0.3) is 0 Å². The van der Waals surface area contributed by atoms with Crippen LogP contribution >= 0.6 is 11.3 Å². The molecule has 0 aliphatic rings. The lowest BCUT2D eigenvalue weighted by molar-refractivity contribution is -0.137. The Morgan fingerprint density at radius 2 is 1.32 bits per heavy atom. The molecule has 0 radical (unpaired) electrons. The normalized spacial score (nSPS) is 8.50. The predicted octanol–water partition coefficient (Wildman–Crippen LogP) is 7.10. The van der Waals surface area contributed by atoms with Gasteiger partial charge in [-0.05, 0) is 44.5 Å². The van der Waals surface area contributed by atoms with Gasteiger partial charge in [0.05, 0.1) is 5.56 Å². The van der Waals surface area contributed by atoms with Gasteiger partial charge in [-0.2, -0.15) is 13.2 Å². The van der Waals surface area contributed by atoms with E-state index in [0.717, 1.165) is 25.1 Å². The monoisotopic (exact) mass is 421 g/mol. The molecule has 0 N–H and O–H groups in total. The maximum Gasteiger partial charge on any atom is 0.417 e. The first-order valence-electron chi connectivity index (χ1n) is 8.96. The molecule has 0 atom stereocenters. The first-order chi connectivity index (χ1) is 13.3. The molecule has 2 heterocycles. The standard InChI is InChI=1S/C9H10F3N.C6H8S.2C2H6.2CH2O/c1-2-3-8-5-4-7(6-13-8)9(10,11)12;1-5-3-4-6(2)7-5;4*1-2/h4-6H,2-3H2,1H3;3-4H,1-2H3;2*1-2H3;2*1H2. The minimum absolute atomic E-state index is 0.688. The number of alkyl halides is 3. The second-order valence-electron chi connectivity index (χ2n) is 4.44. The molecule has 28 heavy (non-hydrogen) atoms. The van der Waals surface area contributed by atoms with Gasteiger partial charge in [-0.25, -0.2) is 0 Å². The fourth-order valence-corrected chi connectivity index (χ4v) is 2.33. The van der Waals surface area contributed by atoms with Crippen LogP contribution in [0.3, 0.4) is 0 Å². The molecule has 7 heteroatoms. The molecule has 162 valence electrons. The summed E-state index contributed by atoms with van der Waals surface area (Å²) in [7, 11) is 0. The van der Waals surface area contributed by atoms with Crippen molar-refractivity contribution >= 4 is 24.9 Å². The molecule has 0 amide bonds. The zero-order valence-electron chi connectivity index (χ0n) is 18.0. The van der Waals surface area contributed by atoms with Gasteiger partial charge in [0.25, 0.3) is 0 Å². The van der Waals surface area contributed by atoms with Crippen molar-refractivity contribution in [2.75, 3.05) is 0 Å². The molecule has 0 aromatic carbocycles. The van der Waals surface area contributed by atoms with E-state index in [4.69, 9.17) is 9.59 Å². The predicted molar refractivity (Wildman–Crippen MR) is 114 cm³/mol. The van der Waals surface area contributed by atoms with E-state index in [-0.39, 0.29) is 0 Å². The first kappa shape index (κ1) is 33.6. The Kier molecular flexibility index (Phi) is 27.6. The van der Waals surface area contributed by atoms with Crippen LogP contribution in [0.4, 0.5) is 13.2 Å². The van der Waals surface area contributed by atoms with E-state index in [1.807, 2.05) is 59.5 Å². The summed E-state index contributed by atoms with van der Waals surface area (Å²) in [5.41, 5.74) is 0.0165. The lowest BCUT2D eigenvalue weighted by Crippen LogP contribution is -2.05. The van der Waals surface area contributed by atoms with Crippen molar-refractivity contribution in [3.8, 4) is 0 Å². The highest BCUT2D eigenvalue weighted by atomic mass is 32.1. The minimum Gasteiger partial charge on any atom is -0.307 e. The van der Waals surface area contributed by atoms with Gasteiger partial charge in [0.15, 0.2) is 0 Å². The Morgan fingerprint density at radius 3 is 1.54 bits per heavy atom. The second-order valence-corrected chi connectivity index (χ2v) is 5.93. The lowest BCUT2D eigenvalue weighted by Gasteiger charge is -2.05. The van der Waals surface area contributed by atoms with Gasteiger partial charge in [0, 0.05) is 21.6 Å². The van der Waals surface area contributed by atoms with E-state index in [2.05, 4.69) is 31.0 Å². The lowest BCUT2D eigenvalue weighted by atomic mass is 10.2. The molecule has 3 nitrogen and oxygen atoms in total. The Hall–Kier alpha value is -2.02. The number of carbonyl (C=O) groups is 2. The van der Waals surface area contributed by atoms with Crippen LogP contribution in [0.15, 0.2) is 30.5 Å². The number of rotatable bonds is 2. The number of nitrogens with zero attached hydrogens (tertiary/aromatic N) is 1. The van der Waals surface area contributed by atoms with Crippen LogP contribution in [0.1, 0.15) is 62.1 Å². The third-order valence-electron chi connectivity index (χ3n) is 2.53. The Labute approximate surface area is 172 Å². The number of thiophene rings is 1. The van der Waals surface area contributed by atoms with Crippen molar-refractivity contribution < 1.29 is 22.8 Å². The van der Waals surface area contributed by atoms with Gasteiger partial charge in [-0.1, -0.05) is 41.0 Å². The van der Waals surface area contributed by atoms with Crippen molar-refractivity contribution in [2.45, 2.75) is 67.5 Å². The number of hydrogen-bond acceptors (Lipinski definition) is 4. The highest BCUT2D eigenvalue weighted by molar-refractivity contribution is 7.11. The van der Waals surface area contributed by atoms with Gasteiger partial charge < -0.3 is 9.59 Å². The van der Waals surface area contributed by atoms with E-state index in [1.54, 1.807) is 0 Å². The van der Waals surface area contributed by atoms with Gasteiger partial charge >= 0.3 is 6.18 Å². The molecule has 2 rings (SSSR count). The fourth-order valence-electron chi connectivity index (χ4n) is 1.55. The Morgan fingerprint density at radius 1 is 0.893 bits per heavy atom. The van der Waals surface area contributed by atoms with Crippen LogP contribution in [0.5, 0.6) is 0 Å².